The fourth-order valence-electron chi connectivity index (χ4n) is 1.80. The zero-order valence-electron chi connectivity index (χ0n) is 10.2. The van der Waals surface area contributed by atoms with Gasteiger partial charge in [-0.15, -0.1) is 11.3 Å². The second-order valence-corrected chi connectivity index (χ2v) is 4.97. The summed E-state index contributed by atoms with van der Waals surface area (Å²) < 4.78 is 0. The van der Waals surface area contributed by atoms with Crippen LogP contribution in [0.15, 0.2) is 60.0 Å². The number of aromatic nitrogens is 1. The molecule has 3 aromatic rings. The number of nitrogens with two attached hydrogens (primary N) is 1. The fraction of sp³-hybridized carbons (Fsp3) is 0. The van der Waals surface area contributed by atoms with E-state index in [1.54, 1.807) is 11.3 Å². The van der Waals surface area contributed by atoms with Gasteiger partial charge in [-0.3, -0.25) is 0 Å². The molecule has 0 saturated heterocycles. The SMILES string of the molecule is Nc1ccccc1Nc1nc(-c2ccccc2)cs1. The van der Waals surface area contributed by atoms with E-state index in [-0.39, 0.29) is 0 Å². The first-order valence-corrected chi connectivity index (χ1v) is 6.83. The third-order valence-electron chi connectivity index (χ3n) is 2.78. The first kappa shape index (κ1) is 11.7. The molecule has 0 spiro atoms. The van der Waals surface area contributed by atoms with Gasteiger partial charge in [-0.2, -0.15) is 0 Å². The summed E-state index contributed by atoms with van der Waals surface area (Å²) in [5.41, 5.74) is 9.60. The van der Waals surface area contributed by atoms with Crippen molar-refractivity contribution in [2.75, 3.05) is 11.1 Å². The van der Waals surface area contributed by atoms with E-state index in [1.165, 1.54) is 0 Å². The van der Waals surface area contributed by atoms with Crippen LogP contribution >= 0.6 is 11.3 Å². The average Bonchev–Trinajstić information content (AvgIpc) is 2.91. The number of nitrogen functional groups attached to an aromatic ring is 1. The Morgan fingerprint density at radius 3 is 2.47 bits per heavy atom. The minimum absolute atomic E-state index is 0.721. The highest BCUT2D eigenvalue weighted by Gasteiger charge is 2.05. The lowest BCUT2D eigenvalue weighted by molar-refractivity contribution is 1.38. The van der Waals surface area contributed by atoms with Crippen LogP contribution < -0.4 is 11.1 Å². The van der Waals surface area contributed by atoms with E-state index in [0.29, 0.717) is 0 Å². The first-order valence-electron chi connectivity index (χ1n) is 5.95. The lowest BCUT2D eigenvalue weighted by Gasteiger charge is -2.05. The molecular weight excluding hydrogens is 254 g/mol. The summed E-state index contributed by atoms with van der Waals surface area (Å²) in [6.07, 6.45) is 0. The second kappa shape index (κ2) is 5.12. The standard InChI is InChI=1S/C15H13N3S/c16-12-8-4-5-9-13(12)17-15-18-14(10-19-15)11-6-2-1-3-7-11/h1-10H,16H2,(H,17,18). The van der Waals surface area contributed by atoms with Crippen LogP contribution in [0.4, 0.5) is 16.5 Å². The fourth-order valence-corrected chi connectivity index (χ4v) is 2.53. The van der Waals surface area contributed by atoms with Gasteiger partial charge in [0.1, 0.15) is 0 Å². The van der Waals surface area contributed by atoms with Crippen LogP contribution in [0.25, 0.3) is 11.3 Å². The summed E-state index contributed by atoms with van der Waals surface area (Å²) in [7, 11) is 0. The largest absolute Gasteiger partial charge is 0.397 e. The number of rotatable bonds is 3. The number of para-hydroxylation sites is 2. The molecule has 0 aliphatic carbocycles. The molecule has 0 fully saturated rings. The topological polar surface area (TPSA) is 50.9 Å². The van der Waals surface area contributed by atoms with Gasteiger partial charge in [-0.25, -0.2) is 4.98 Å². The van der Waals surface area contributed by atoms with Crippen LogP contribution in [0.2, 0.25) is 0 Å². The predicted molar refractivity (Wildman–Crippen MR) is 81.7 cm³/mol. The monoisotopic (exact) mass is 267 g/mol. The maximum atomic E-state index is 5.90. The molecule has 0 aliphatic rings. The Kier molecular flexibility index (Phi) is 3.16. The van der Waals surface area contributed by atoms with E-state index in [4.69, 9.17) is 5.73 Å². The molecule has 0 radical (unpaired) electrons. The zero-order valence-corrected chi connectivity index (χ0v) is 11.0. The summed E-state index contributed by atoms with van der Waals surface area (Å²) in [5.74, 6) is 0. The Labute approximate surface area is 115 Å². The minimum atomic E-state index is 0.721. The molecule has 1 aromatic heterocycles. The molecule has 0 atom stereocenters. The minimum Gasteiger partial charge on any atom is -0.397 e. The van der Waals surface area contributed by atoms with E-state index < -0.39 is 0 Å². The quantitative estimate of drug-likeness (QED) is 0.701. The maximum absolute atomic E-state index is 5.90. The van der Waals surface area contributed by atoms with E-state index in [0.717, 1.165) is 27.8 Å². The number of anilines is 3. The molecule has 0 bridgehead atoms. The van der Waals surface area contributed by atoms with Gasteiger partial charge in [0.2, 0.25) is 0 Å². The van der Waals surface area contributed by atoms with Crippen molar-refractivity contribution in [2.24, 2.45) is 0 Å². The summed E-state index contributed by atoms with van der Waals surface area (Å²) in [4.78, 5) is 4.57. The molecule has 3 nitrogen and oxygen atoms in total. The molecule has 4 heteroatoms. The average molecular weight is 267 g/mol. The van der Waals surface area contributed by atoms with Crippen molar-refractivity contribution in [3.63, 3.8) is 0 Å². The normalized spacial score (nSPS) is 10.3. The Hall–Kier alpha value is -2.33. The van der Waals surface area contributed by atoms with Crippen molar-refractivity contribution < 1.29 is 0 Å². The Bertz CT molecular complexity index is 677. The van der Waals surface area contributed by atoms with Gasteiger partial charge < -0.3 is 11.1 Å². The van der Waals surface area contributed by atoms with Crippen molar-refractivity contribution >= 4 is 27.8 Å². The molecule has 2 aromatic carbocycles. The van der Waals surface area contributed by atoms with E-state index >= 15 is 0 Å². The van der Waals surface area contributed by atoms with Crippen LogP contribution in [0.1, 0.15) is 0 Å². The van der Waals surface area contributed by atoms with Gasteiger partial charge in [0.25, 0.3) is 0 Å². The summed E-state index contributed by atoms with van der Waals surface area (Å²) in [6.45, 7) is 0. The summed E-state index contributed by atoms with van der Waals surface area (Å²) >= 11 is 1.57. The molecule has 0 amide bonds. The highest BCUT2D eigenvalue weighted by atomic mass is 32.1. The van der Waals surface area contributed by atoms with Crippen LogP contribution in [0, 0.1) is 0 Å². The Morgan fingerprint density at radius 2 is 1.68 bits per heavy atom. The van der Waals surface area contributed by atoms with Crippen molar-refractivity contribution in [3.8, 4) is 11.3 Å². The van der Waals surface area contributed by atoms with Crippen molar-refractivity contribution in [3.05, 3.63) is 60.0 Å². The molecule has 94 valence electrons. The highest BCUT2D eigenvalue weighted by molar-refractivity contribution is 7.14. The van der Waals surface area contributed by atoms with Crippen LogP contribution in [-0.2, 0) is 0 Å². The van der Waals surface area contributed by atoms with Crippen LogP contribution in [0.3, 0.4) is 0 Å². The molecule has 0 aliphatic heterocycles. The third kappa shape index (κ3) is 2.58. The number of nitrogens with one attached hydrogen (secondary N) is 1. The van der Waals surface area contributed by atoms with Gasteiger partial charge in [-0.1, -0.05) is 42.5 Å². The van der Waals surface area contributed by atoms with Crippen molar-refractivity contribution in [1.82, 2.24) is 4.98 Å². The second-order valence-electron chi connectivity index (χ2n) is 4.12. The molecule has 19 heavy (non-hydrogen) atoms. The maximum Gasteiger partial charge on any atom is 0.187 e. The molecule has 1 heterocycles. The van der Waals surface area contributed by atoms with Gasteiger partial charge in [0.15, 0.2) is 5.13 Å². The number of nitrogens with zero attached hydrogens (tertiary/aromatic N) is 1. The summed E-state index contributed by atoms with van der Waals surface area (Å²) in [6, 6.07) is 17.8. The number of benzene rings is 2. The molecule has 3 rings (SSSR count). The number of thiazole rings is 1. The Balaban J connectivity index is 1.85. The highest BCUT2D eigenvalue weighted by Crippen LogP contribution is 2.28. The van der Waals surface area contributed by atoms with Crippen LogP contribution in [-0.4, -0.2) is 4.98 Å². The van der Waals surface area contributed by atoms with Gasteiger partial charge >= 0.3 is 0 Å². The number of hydrogen-bond acceptors (Lipinski definition) is 4. The van der Waals surface area contributed by atoms with E-state index in [9.17, 15) is 0 Å². The van der Waals surface area contributed by atoms with Gasteiger partial charge in [0, 0.05) is 10.9 Å². The lowest BCUT2D eigenvalue weighted by Crippen LogP contribution is -1.95. The van der Waals surface area contributed by atoms with Crippen molar-refractivity contribution in [2.45, 2.75) is 0 Å². The molecule has 3 N–H and O–H groups in total. The molecule has 0 saturated carbocycles. The number of hydrogen-bond donors (Lipinski definition) is 2. The van der Waals surface area contributed by atoms with Crippen LogP contribution in [0.5, 0.6) is 0 Å². The van der Waals surface area contributed by atoms with Gasteiger partial charge in [-0.05, 0) is 12.1 Å². The smallest absolute Gasteiger partial charge is 0.187 e. The molecular formula is C15H13N3S. The zero-order chi connectivity index (χ0) is 13.1. The predicted octanol–water partition coefficient (Wildman–Crippen LogP) is 4.14. The Morgan fingerprint density at radius 1 is 0.947 bits per heavy atom. The summed E-state index contributed by atoms with van der Waals surface area (Å²) in [5, 5.41) is 6.13. The van der Waals surface area contributed by atoms with Crippen molar-refractivity contribution in [1.29, 1.82) is 0 Å². The third-order valence-corrected chi connectivity index (χ3v) is 3.53. The van der Waals surface area contributed by atoms with E-state index in [2.05, 4.69) is 22.4 Å². The van der Waals surface area contributed by atoms with Gasteiger partial charge in [0.05, 0.1) is 17.1 Å². The lowest BCUT2D eigenvalue weighted by atomic mass is 10.2. The first-order chi connectivity index (χ1) is 9.33. The van der Waals surface area contributed by atoms with E-state index in [1.807, 2.05) is 47.8 Å². The molecule has 0 unspecified atom stereocenters.